The third-order valence-corrected chi connectivity index (χ3v) is 7.94. The van der Waals surface area contributed by atoms with Crippen LogP contribution < -0.4 is 9.64 Å². The molecule has 256 valence electrons. The second-order valence-corrected chi connectivity index (χ2v) is 15.2. The van der Waals surface area contributed by atoms with Crippen LogP contribution in [-0.4, -0.2) is 78.6 Å². The van der Waals surface area contributed by atoms with Gasteiger partial charge in [0.15, 0.2) is 29.0 Å². The van der Waals surface area contributed by atoms with E-state index in [1.165, 1.54) is 12.7 Å². The van der Waals surface area contributed by atoms with Crippen molar-refractivity contribution in [3.05, 3.63) is 46.5 Å². The number of aromatic nitrogens is 5. The molecule has 2 fully saturated rings. The third-order valence-electron chi connectivity index (χ3n) is 7.21. The second kappa shape index (κ2) is 12.4. The number of rotatable bonds is 5. The van der Waals surface area contributed by atoms with Crippen molar-refractivity contribution in [2.24, 2.45) is 0 Å². The number of benzene rings is 1. The van der Waals surface area contributed by atoms with Crippen LogP contribution in [0.5, 0.6) is 5.75 Å². The molecule has 0 radical (unpaired) electrons. The van der Waals surface area contributed by atoms with Gasteiger partial charge >= 0.3 is 12.2 Å². The van der Waals surface area contributed by atoms with Crippen molar-refractivity contribution < 1.29 is 38.0 Å². The zero-order chi connectivity index (χ0) is 34.8. The van der Waals surface area contributed by atoms with Crippen molar-refractivity contribution >= 4 is 67.6 Å². The van der Waals surface area contributed by atoms with Gasteiger partial charge in [0.2, 0.25) is 0 Å². The van der Waals surface area contributed by atoms with Crippen LogP contribution >= 0.6 is 27.5 Å². The van der Waals surface area contributed by atoms with E-state index < -0.39 is 53.7 Å². The number of ether oxygens (including phenoxy) is 6. The molecule has 0 bridgehead atoms. The van der Waals surface area contributed by atoms with E-state index in [1.807, 2.05) is 19.9 Å². The molecule has 2 amide bonds. The number of hydrogen-bond donors (Lipinski definition) is 0. The van der Waals surface area contributed by atoms with Crippen molar-refractivity contribution in [2.75, 3.05) is 11.5 Å². The molecule has 2 aliphatic rings. The van der Waals surface area contributed by atoms with Gasteiger partial charge in [-0.15, -0.1) is 0 Å². The zero-order valence-corrected chi connectivity index (χ0v) is 30.0. The van der Waals surface area contributed by atoms with E-state index in [2.05, 4.69) is 35.9 Å². The van der Waals surface area contributed by atoms with Crippen molar-refractivity contribution in [1.82, 2.24) is 24.5 Å². The van der Waals surface area contributed by atoms with Gasteiger partial charge in [-0.1, -0.05) is 11.6 Å². The summed E-state index contributed by atoms with van der Waals surface area (Å²) in [5.41, 5.74) is -0.706. The average molecular weight is 748 g/mol. The smallest absolute Gasteiger partial charge is 0.425 e. The lowest BCUT2D eigenvalue weighted by atomic mass is 10.1. The maximum Gasteiger partial charge on any atom is 0.425 e. The number of imide groups is 1. The molecule has 0 unspecified atom stereocenters. The molecule has 0 spiro atoms. The van der Waals surface area contributed by atoms with E-state index in [1.54, 1.807) is 64.4 Å². The van der Waals surface area contributed by atoms with Gasteiger partial charge in [0.1, 0.15) is 48.2 Å². The van der Waals surface area contributed by atoms with Crippen LogP contribution in [0.15, 0.2) is 41.5 Å². The van der Waals surface area contributed by atoms with E-state index in [0.717, 1.165) is 15.4 Å². The summed E-state index contributed by atoms with van der Waals surface area (Å²) in [6.45, 7) is 13.8. The van der Waals surface area contributed by atoms with Gasteiger partial charge in [0, 0.05) is 22.1 Å². The molecular weight excluding hydrogens is 712 g/mol. The Kier molecular flexibility index (Phi) is 8.82. The van der Waals surface area contributed by atoms with Gasteiger partial charge in [-0.2, -0.15) is 4.90 Å². The number of halogens is 2. The molecular formula is C32H36BrClN6O8. The number of anilines is 1. The third kappa shape index (κ3) is 7.06. The number of amides is 2. The van der Waals surface area contributed by atoms with Gasteiger partial charge in [-0.3, -0.25) is 9.55 Å². The SMILES string of the molecule is CC(C)(C)OC(=O)N(C(=O)OC(C)(C)C)c1ncnc2c1ncn2[C@@H]1O[C@H](COc2cc3ncc(Br)cc3cc2Cl)[C@H]2OC(C)(C)O[C@H]21. The van der Waals surface area contributed by atoms with Crippen LogP contribution in [0.3, 0.4) is 0 Å². The molecule has 4 atom stereocenters. The molecule has 0 aliphatic carbocycles. The molecule has 0 N–H and O–H groups in total. The van der Waals surface area contributed by atoms with Crippen molar-refractivity contribution in [2.45, 2.75) is 96.9 Å². The number of fused-ring (bicyclic) bond motifs is 3. The minimum Gasteiger partial charge on any atom is -0.489 e. The lowest BCUT2D eigenvalue weighted by Crippen LogP contribution is -2.44. The Hall–Kier alpha value is -3.63. The highest BCUT2D eigenvalue weighted by atomic mass is 79.9. The minimum absolute atomic E-state index is 0.0801. The van der Waals surface area contributed by atoms with Crippen molar-refractivity contribution in [3.8, 4) is 5.75 Å². The summed E-state index contributed by atoms with van der Waals surface area (Å²) in [4.78, 5) is 45.1. The maximum atomic E-state index is 13.4. The zero-order valence-electron chi connectivity index (χ0n) is 27.7. The molecule has 2 saturated heterocycles. The number of carbonyl (C=O) groups is 2. The number of nitrogens with zero attached hydrogens (tertiary/aromatic N) is 6. The predicted octanol–water partition coefficient (Wildman–Crippen LogP) is 6.96. The Bertz CT molecular complexity index is 1860. The molecule has 16 heteroatoms. The standard InChI is InChI=1S/C32H36BrClN6O8/c1-30(2,3)47-28(41)40(29(42)48-31(4,5)6)26-22-25(36-14-37-26)39(15-38-22)27-24-23(45-32(7,8)46-24)21(44-27)13-43-20-11-19-16(10-18(20)34)9-17(33)12-35-19/h9-12,14-15,21,23-24,27H,13H2,1-8H3/t21-,23-,24-,27-/m1/s1. The van der Waals surface area contributed by atoms with Gasteiger partial charge in [-0.05, 0) is 83.5 Å². The maximum absolute atomic E-state index is 13.4. The quantitative estimate of drug-likeness (QED) is 0.208. The van der Waals surface area contributed by atoms with Gasteiger partial charge in [-0.25, -0.2) is 24.5 Å². The lowest BCUT2D eigenvalue weighted by molar-refractivity contribution is -0.198. The summed E-state index contributed by atoms with van der Waals surface area (Å²) < 4.78 is 38.8. The van der Waals surface area contributed by atoms with Crippen LogP contribution in [0.2, 0.25) is 5.02 Å². The van der Waals surface area contributed by atoms with Crippen molar-refractivity contribution in [1.29, 1.82) is 0 Å². The number of imidazole rings is 1. The first-order chi connectivity index (χ1) is 22.4. The molecule has 3 aromatic heterocycles. The van der Waals surface area contributed by atoms with Gasteiger partial charge < -0.3 is 28.4 Å². The summed E-state index contributed by atoms with van der Waals surface area (Å²) in [5, 5.41) is 1.28. The second-order valence-electron chi connectivity index (χ2n) is 13.9. The largest absolute Gasteiger partial charge is 0.489 e. The average Bonchev–Trinajstić information content (AvgIpc) is 3.61. The first-order valence-corrected chi connectivity index (χ1v) is 16.4. The lowest BCUT2D eigenvalue weighted by Gasteiger charge is -2.28. The van der Waals surface area contributed by atoms with Crippen LogP contribution in [0.4, 0.5) is 15.4 Å². The Morgan fingerprint density at radius 2 is 1.65 bits per heavy atom. The Balaban J connectivity index is 1.31. The van der Waals surface area contributed by atoms with E-state index in [9.17, 15) is 9.59 Å². The summed E-state index contributed by atoms with van der Waals surface area (Å²) in [5.74, 6) is -0.600. The number of pyridine rings is 1. The minimum atomic E-state index is -0.981. The predicted molar refractivity (Wildman–Crippen MR) is 178 cm³/mol. The molecule has 14 nitrogen and oxygen atoms in total. The van der Waals surface area contributed by atoms with E-state index in [-0.39, 0.29) is 23.6 Å². The van der Waals surface area contributed by atoms with Crippen LogP contribution in [0.25, 0.3) is 22.1 Å². The first kappa shape index (κ1) is 34.2. The highest BCUT2D eigenvalue weighted by molar-refractivity contribution is 9.10. The fraction of sp³-hybridized carbons (Fsp3) is 0.500. The summed E-state index contributed by atoms with van der Waals surface area (Å²) in [6, 6.07) is 5.48. The molecule has 1 aromatic carbocycles. The monoisotopic (exact) mass is 746 g/mol. The molecule has 4 aromatic rings. The summed E-state index contributed by atoms with van der Waals surface area (Å²) >= 11 is 10.00. The topological polar surface area (TPSA) is 149 Å². The fourth-order valence-electron chi connectivity index (χ4n) is 5.45. The molecule has 48 heavy (non-hydrogen) atoms. The Morgan fingerprint density at radius 1 is 0.979 bits per heavy atom. The van der Waals surface area contributed by atoms with Crippen molar-refractivity contribution in [3.63, 3.8) is 0 Å². The summed E-state index contributed by atoms with van der Waals surface area (Å²) in [6.07, 6.45) is -0.0585. The molecule has 5 heterocycles. The van der Waals surface area contributed by atoms with Gasteiger partial charge in [0.05, 0.1) is 16.9 Å². The normalized spacial score (nSPS) is 22.1. The van der Waals surface area contributed by atoms with Crippen LogP contribution in [0, 0.1) is 0 Å². The van der Waals surface area contributed by atoms with E-state index >= 15 is 0 Å². The van der Waals surface area contributed by atoms with E-state index in [4.69, 9.17) is 40.0 Å². The first-order valence-electron chi connectivity index (χ1n) is 15.2. The molecule has 2 aliphatic heterocycles. The fourth-order valence-corrected chi connectivity index (χ4v) is 6.03. The van der Waals surface area contributed by atoms with Crippen LogP contribution in [0.1, 0.15) is 61.6 Å². The molecule has 0 saturated carbocycles. The highest BCUT2D eigenvalue weighted by Crippen LogP contribution is 2.44. The molecule has 6 rings (SSSR count). The number of carbonyl (C=O) groups excluding carboxylic acids is 2. The Morgan fingerprint density at radius 3 is 2.31 bits per heavy atom. The Labute approximate surface area is 290 Å². The highest BCUT2D eigenvalue weighted by Gasteiger charge is 2.56. The number of hydrogen-bond acceptors (Lipinski definition) is 12. The van der Waals surface area contributed by atoms with Gasteiger partial charge in [0.25, 0.3) is 0 Å². The van der Waals surface area contributed by atoms with Crippen LogP contribution in [-0.2, 0) is 23.7 Å². The van der Waals surface area contributed by atoms with E-state index in [0.29, 0.717) is 15.7 Å². The summed E-state index contributed by atoms with van der Waals surface area (Å²) in [7, 11) is 0.